The minimum atomic E-state index is -1.99. The maximum Gasteiger partial charge on any atom is 0.220 e. The Labute approximate surface area is 634 Å². The molecule has 105 heavy (non-hydrogen) atoms. The molecule has 0 saturated carbocycles. The molecule has 0 aromatic heterocycles. The van der Waals surface area contributed by atoms with Gasteiger partial charge in [-0.1, -0.05) is 316 Å². The first-order valence-electron chi connectivity index (χ1n) is 41.6. The molecule has 0 radical (unpaired) electrons. The van der Waals surface area contributed by atoms with Crippen LogP contribution in [0.5, 0.6) is 0 Å². The fourth-order valence-corrected chi connectivity index (χ4v) is 13.4. The van der Waals surface area contributed by atoms with Crippen LogP contribution in [-0.2, 0) is 33.2 Å². The Balaban J connectivity index is 1.39. The Morgan fingerprint density at radius 1 is 0.352 bits per heavy atom. The van der Waals surface area contributed by atoms with Crippen molar-refractivity contribution < 1.29 is 89.4 Å². The predicted molar refractivity (Wildman–Crippen MR) is 420 cm³/mol. The van der Waals surface area contributed by atoms with Gasteiger partial charge in [0.25, 0.3) is 0 Å². The van der Waals surface area contributed by atoms with Crippen molar-refractivity contribution in [1.82, 2.24) is 5.32 Å². The summed E-state index contributed by atoms with van der Waals surface area (Å²) < 4.78 is 34.5. The third kappa shape index (κ3) is 44.8. The molecule has 0 spiro atoms. The Kier molecular flexibility index (Phi) is 59.4. The van der Waals surface area contributed by atoms with Gasteiger partial charge in [0, 0.05) is 6.42 Å². The lowest BCUT2D eigenvalue weighted by atomic mass is 9.96. The number of carbonyl (C=O) groups excluding carboxylic acids is 1. The first kappa shape index (κ1) is 95.7. The van der Waals surface area contributed by atoms with E-state index in [0.29, 0.717) is 6.42 Å². The molecular weight excluding hydrogens is 1330 g/mol. The van der Waals surface area contributed by atoms with E-state index in [2.05, 4.69) is 116 Å². The number of unbranched alkanes of at least 4 members (excludes halogenated alkanes) is 33. The summed E-state index contributed by atoms with van der Waals surface area (Å²) in [4.78, 5) is 13.5. The molecular formula is C86H149NO18. The van der Waals surface area contributed by atoms with Gasteiger partial charge in [-0.25, -0.2) is 0 Å². The fourth-order valence-electron chi connectivity index (χ4n) is 13.4. The van der Waals surface area contributed by atoms with Crippen LogP contribution in [0.1, 0.15) is 296 Å². The number of amides is 1. The number of allylic oxidation sites excluding steroid dienone is 17. The van der Waals surface area contributed by atoms with Crippen molar-refractivity contribution in [3.63, 3.8) is 0 Å². The molecule has 19 nitrogen and oxygen atoms in total. The number of carbonyl (C=O) groups is 1. The molecule has 0 bridgehead atoms. The Bertz CT molecular complexity index is 2320. The van der Waals surface area contributed by atoms with Gasteiger partial charge in [-0.2, -0.15) is 0 Å². The molecule has 3 aliphatic rings. The van der Waals surface area contributed by atoms with Crippen LogP contribution in [0, 0.1) is 0 Å². The summed E-state index contributed by atoms with van der Waals surface area (Å²) in [5, 5.41) is 121. The molecule has 3 heterocycles. The third-order valence-corrected chi connectivity index (χ3v) is 20.1. The van der Waals surface area contributed by atoms with Gasteiger partial charge in [0.1, 0.15) is 73.2 Å². The highest BCUT2D eigenvalue weighted by molar-refractivity contribution is 5.76. The Morgan fingerprint density at radius 2 is 0.657 bits per heavy atom. The number of rotatable bonds is 65. The zero-order chi connectivity index (χ0) is 76.0. The topological polar surface area (TPSA) is 307 Å². The molecule has 3 aliphatic heterocycles. The predicted octanol–water partition coefficient (Wildman–Crippen LogP) is 14.5. The number of aliphatic hydroxyl groups is 11. The summed E-state index contributed by atoms with van der Waals surface area (Å²) in [5.74, 6) is -0.301. The molecule has 19 heteroatoms. The largest absolute Gasteiger partial charge is 0.394 e. The van der Waals surface area contributed by atoms with Gasteiger partial charge in [0.05, 0.1) is 38.6 Å². The van der Waals surface area contributed by atoms with Crippen molar-refractivity contribution in [3.8, 4) is 0 Å². The molecule has 3 fully saturated rings. The zero-order valence-corrected chi connectivity index (χ0v) is 64.9. The zero-order valence-electron chi connectivity index (χ0n) is 64.9. The standard InChI is InChI=1S/C86H149NO18/c1-3-5-7-9-11-13-15-17-19-21-23-25-27-29-31-33-34-36-37-39-41-43-45-47-49-51-53-55-57-59-61-63-70(91)69(87-74(92)64-62-60-58-56-54-52-50-48-46-44-42-40-38-35-32-30-28-26-24-22-20-18-16-14-12-10-8-6-4-2)68-100-84-80(98)77(95)82(72(66-89)102-84)105-86-81(99)78(96)83(73(67-90)103-86)104-85-79(97)76(94)75(93)71(65-88)101-85/h6,8,12,14,18,20,24,26,30,32,38,40,44,46,50,52,61,63,69-73,75-86,88-91,93-99H,3-5,7,9-11,13,15-17,19,21-23,25,27-29,31,33-37,39,41-43,45,47-49,51,53-60,62,64-68H2,1-2H3,(H,87,92)/b8-6-,14-12-,20-18-,26-24-,32-30-,40-38-,46-44-,52-50-,63-61+. The molecule has 0 aliphatic carbocycles. The molecule has 3 saturated heterocycles. The van der Waals surface area contributed by atoms with Gasteiger partial charge in [0.15, 0.2) is 18.9 Å². The van der Waals surface area contributed by atoms with E-state index >= 15 is 0 Å². The molecule has 17 unspecified atom stereocenters. The summed E-state index contributed by atoms with van der Waals surface area (Å²) in [7, 11) is 0. The second-order valence-electron chi connectivity index (χ2n) is 29.2. The van der Waals surface area contributed by atoms with E-state index in [9.17, 15) is 61.0 Å². The van der Waals surface area contributed by atoms with Crippen LogP contribution in [-0.4, -0.2) is 193 Å². The highest BCUT2D eigenvalue weighted by Gasteiger charge is 2.54. The molecule has 3 rings (SSSR count). The normalized spacial score (nSPS) is 26.4. The minimum absolute atomic E-state index is 0.207. The maximum atomic E-state index is 13.5. The van der Waals surface area contributed by atoms with Crippen molar-refractivity contribution >= 4 is 5.91 Å². The average Bonchev–Trinajstić information content (AvgIpc) is 0.781. The minimum Gasteiger partial charge on any atom is -0.394 e. The van der Waals surface area contributed by atoms with Crippen molar-refractivity contribution in [3.05, 3.63) is 109 Å². The highest BCUT2D eigenvalue weighted by atomic mass is 16.8. The lowest BCUT2D eigenvalue weighted by molar-refractivity contribution is -0.379. The van der Waals surface area contributed by atoms with E-state index in [1.54, 1.807) is 6.08 Å². The Morgan fingerprint density at radius 3 is 1.03 bits per heavy atom. The summed E-state index contributed by atoms with van der Waals surface area (Å²) in [5.41, 5.74) is 0. The van der Waals surface area contributed by atoms with Crippen LogP contribution >= 0.6 is 0 Å². The van der Waals surface area contributed by atoms with Crippen LogP contribution in [0.25, 0.3) is 0 Å². The fraction of sp³-hybridized carbons (Fsp3) is 0.779. The lowest BCUT2D eigenvalue weighted by Crippen LogP contribution is -2.66. The summed E-state index contributed by atoms with van der Waals surface area (Å²) >= 11 is 0. The van der Waals surface area contributed by atoms with Gasteiger partial charge in [-0.05, 0) is 83.5 Å². The molecule has 1 amide bonds. The van der Waals surface area contributed by atoms with Crippen LogP contribution < -0.4 is 5.32 Å². The van der Waals surface area contributed by atoms with E-state index in [0.717, 1.165) is 103 Å². The van der Waals surface area contributed by atoms with Gasteiger partial charge < -0.3 is 89.9 Å². The number of hydrogen-bond donors (Lipinski definition) is 12. The average molecular weight is 1490 g/mol. The van der Waals surface area contributed by atoms with Gasteiger partial charge in [-0.15, -0.1) is 0 Å². The number of nitrogens with one attached hydrogen (secondary N) is 1. The Hall–Kier alpha value is -3.55. The van der Waals surface area contributed by atoms with Crippen LogP contribution in [0.4, 0.5) is 0 Å². The molecule has 606 valence electrons. The van der Waals surface area contributed by atoms with Crippen molar-refractivity contribution in [2.45, 2.75) is 401 Å². The number of hydrogen-bond acceptors (Lipinski definition) is 18. The lowest BCUT2D eigenvalue weighted by Gasteiger charge is -2.48. The van der Waals surface area contributed by atoms with Gasteiger partial charge >= 0.3 is 0 Å². The van der Waals surface area contributed by atoms with E-state index in [-0.39, 0.29) is 18.9 Å². The molecule has 0 aromatic carbocycles. The summed E-state index contributed by atoms with van der Waals surface area (Å²) in [6.45, 7) is 1.63. The van der Waals surface area contributed by atoms with E-state index in [1.165, 1.54) is 167 Å². The van der Waals surface area contributed by atoms with E-state index in [4.69, 9.17) is 28.4 Å². The number of ether oxygens (including phenoxy) is 6. The van der Waals surface area contributed by atoms with E-state index in [1.807, 2.05) is 6.08 Å². The first-order valence-corrected chi connectivity index (χ1v) is 41.6. The van der Waals surface area contributed by atoms with E-state index < -0.39 is 124 Å². The molecule has 17 atom stereocenters. The van der Waals surface area contributed by atoms with Gasteiger partial charge in [0.2, 0.25) is 5.91 Å². The highest BCUT2D eigenvalue weighted by Crippen LogP contribution is 2.33. The first-order chi connectivity index (χ1) is 51.3. The molecule has 0 aromatic rings. The summed E-state index contributed by atoms with van der Waals surface area (Å²) in [6, 6.07) is -0.998. The SMILES string of the molecule is CC/C=C\C/C=C\C/C=C\C/C=C\C/C=C\C/C=C\C/C=C\C/C=C\CCCCCCC(=O)NC(COC1OC(CO)C(OC2OC(CO)C(OC3OC(CO)C(O)C(O)C3O)C(O)C2O)C(O)C1O)C(O)/C=C/CCCCCCCCCCCCCCCCCCCCCCCCCCCCCCC. The van der Waals surface area contributed by atoms with Gasteiger partial charge in [-0.3, -0.25) is 4.79 Å². The summed E-state index contributed by atoms with van der Waals surface area (Å²) in [6.07, 6.45) is 63.6. The van der Waals surface area contributed by atoms with Crippen LogP contribution in [0.3, 0.4) is 0 Å². The van der Waals surface area contributed by atoms with Crippen LogP contribution in [0.15, 0.2) is 109 Å². The van der Waals surface area contributed by atoms with Crippen molar-refractivity contribution in [2.24, 2.45) is 0 Å². The maximum absolute atomic E-state index is 13.5. The third-order valence-electron chi connectivity index (χ3n) is 20.1. The second kappa shape index (κ2) is 65.2. The van der Waals surface area contributed by atoms with Crippen molar-refractivity contribution in [1.29, 1.82) is 0 Å². The molecule has 12 N–H and O–H groups in total. The van der Waals surface area contributed by atoms with Crippen molar-refractivity contribution in [2.75, 3.05) is 26.4 Å². The quantitative estimate of drug-likeness (QED) is 0.0199. The smallest absolute Gasteiger partial charge is 0.220 e. The number of aliphatic hydroxyl groups excluding tert-OH is 11. The second-order valence-corrected chi connectivity index (χ2v) is 29.2. The van der Waals surface area contributed by atoms with Crippen LogP contribution in [0.2, 0.25) is 0 Å². The monoisotopic (exact) mass is 1480 g/mol.